The van der Waals surface area contributed by atoms with Gasteiger partial charge in [0.1, 0.15) is 5.69 Å². The topological polar surface area (TPSA) is 51.1 Å². The van der Waals surface area contributed by atoms with Gasteiger partial charge in [-0.25, -0.2) is 0 Å². The van der Waals surface area contributed by atoms with E-state index in [1.54, 1.807) is 19.1 Å². The Kier molecular flexibility index (Phi) is 6.97. The van der Waals surface area contributed by atoms with Crippen LogP contribution in [-0.4, -0.2) is 22.3 Å². The van der Waals surface area contributed by atoms with Crippen molar-refractivity contribution in [1.29, 1.82) is 0 Å². The lowest BCUT2D eigenvalue weighted by molar-refractivity contribution is -0.143. The van der Waals surface area contributed by atoms with Crippen molar-refractivity contribution in [3.05, 3.63) is 68.8 Å². The second kappa shape index (κ2) is 9.62. The van der Waals surface area contributed by atoms with E-state index in [1.807, 2.05) is 0 Å². The predicted molar refractivity (Wildman–Crippen MR) is 127 cm³/mol. The summed E-state index contributed by atoms with van der Waals surface area (Å²) in [6, 6.07) is 9.02. The SMILES string of the molecule is Cc1ccc2c(c1)c(C(=O)C(=O)NC1CCCCC1)c(C(F)(F)F)n2Cc1ccc(Cl)cc1Cl. The molecule has 0 radical (unpaired) electrons. The molecule has 0 saturated heterocycles. The largest absolute Gasteiger partial charge is 0.432 e. The molecule has 4 rings (SSSR count). The van der Waals surface area contributed by atoms with Crippen LogP contribution >= 0.6 is 23.2 Å². The number of amides is 1. The molecule has 34 heavy (non-hydrogen) atoms. The van der Waals surface area contributed by atoms with Crippen LogP contribution in [0, 0.1) is 6.92 Å². The quantitative estimate of drug-likeness (QED) is 0.298. The number of nitrogens with zero attached hydrogens (tertiary/aromatic N) is 1. The summed E-state index contributed by atoms with van der Waals surface area (Å²) in [5.41, 5.74) is -0.533. The molecule has 180 valence electrons. The maximum absolute atomic E-state index is 14.4. The number of fused-ring (bicyclic) bond motifs is 1. The minimum Gasteiger partial charge on any atom is -0.346 e. The van der Waals surface area contributed by atoms with Crippen molar-refractivity contribution in [3.63, 3.8) is 0 Å². The van der Waals surface area contributed by atoms with Gasteiger partial charge in [-0.15, -0.1) is 0 Å². The van der Waals surface area contributed by atoms with Crippen LogP contribution in [0.15, 0.2) is 36.4 Å². The fourth-order valence-corrected chi connectivity index (χ4v) is 5.06. The van der Waals surface area contributed by atoms with Gasteiger partial charge in [0.25, 0.3) is 11.7 Å². The zero-order valence-electron chi connectivity index (χ0n) is 18.4. The summed E-state index contributed by atoms with van der Waals surface area (Å²) in [6.45, 7) is 1.47. The van der Waals surface area contributed by atoms with Crippen LogP contribution in [0.5, 0.6) is 0 Å². The minimum absolute atomic E-state index is 0.0844. The summed E-state index contributed by atoms with van der Waals surface area (Å²) in [7, 11) is 0. The van der Waals surface area contributed by atoms with Crippen molar-refractivity contribution in [3.8, 4) is 0 Å². The molecule has 1 saturated carbocycles. The van der Waals surface area contributed by atoms with E-state index in [2.05, 4.69) is 5.32 Å². The van der Waals surface area contributed by atoms with Gasteiger partial charge >= 0.3 is 6.18 Å². The van der Waals surface area contributed by atoms with Crippen molar-refractivity contribution < 1.29 is 22.8 Å². The smallest absolute Gasteiger partial charge is 0.346 e. The Balaban J connectivity index is 1.85. The van der Waals surface area contributed by atoms with E-state index in [0.717, 1.165) is 23.8 Å². The van der Waals surface area contributed by atoms with Crippen LogP contribution in [0.2, 0.25) is 10.0 Å². The third kappa shape index (κ3) is 4.96. The van der Waals surface area contributed by atoms with Gasteiger partial charge in [-0.05, 0) is 49.6 Å². The number of halogens is 5. The molecule has 9 heteroatoms. The Hall–Kier alpha value is -2.51. The third-order valence-electron chi connectivity index (χ3n) is 6.20. The van der Waals surface area contributed by atoms with Crippen LogP contribution in [0.1, 0.15) is 59.3 Å². The van der Waals surface area contributed by atoms with Crippen LogP contribution in [0.3, 0.4) is 0 Å². The summed E-state index contributed by atoms with van der Waals surface area (Å²) in [5, 5.41) is 3.29. The molecular weight excluding hydrogens is 488 g/mol. The monoisotopic (exact) mass is 510 g/mol. The van der Waals surface area contributed by atoms with Crippen molar-refractivity contribution in [2.45, 2.75) is 57.8 Å². The van der Waals surface area contributed by atoms with Crippen molar-refractivity contribution in [2.24, 2.45) is 0 Å². The van der Waals surface area contributed by atoms with Gasteiger partial charge in [0, 0.05) is 33.5 Å². The number of aryl methyl sites for hydroxylation is 1. The number of nitrogens with one attached hydrogen (secondary N) is 1. The molecule has 1 amide bonds. The van der Waals surface area contributed by atoms with E-state index in [4.69, 9.17) is 23.2 Å². The standard InChI is InChI=1S/C25H23Cl2F3N2O2/c1-14-7-10-20-18(11-14)21(22(33)24(34)31-17-5-3-2-4-6-17)23(25(28,29)30)32(20)13-15-8-9-16(26)12-19(15)27/h7-12,17H,2-6,13H2,1H3,(H,31,34). The zero-order chi connectivity index (χ0) is 24.6. The molecule has 0 bridgehead atoms. The molecule has 0 aliphatic heterocycles. The number of benzene rings is 2. The first-order chi connectivity index (χ1) is 16.1. The molecule has 1 aromatic heterocycles. The number of aromatic nitrogens is 1. The summed E-state index contributed by atoms with van der Waals surface area (Å²) >= 11 is 12.2. The third-order valence-corrected chi connectivity index (χ3v) is 6.79. The summed E-state index contributed by atoms with van der Waals surface area (Å²) in [4.78, 5) is 26.0. The minimum atomic E-state index is -4.89. The lowest BCUT2D eigenvalue weighted by atomic mass is 9.95. The Morgan fingerprint density at radius 2 is 1.76 bits per heavy atom. The molecular formula is C25H23Cl2F3N2O2. The Morgan fingerprint density at radius 3 is 2.41 bits per heavy atom. The first-order valence-corrected chi connectivity index (χ1v) is 11.8. The van der Waals surface area contributed by atoms with E-state index >= 15 is 0 Å². The molecule has 1 heterocycles. The zero-order valence-corrected chi connectivity index (χ0v) is 19.9. The van der Waals surface area contributed by atoms with E-state index in [-0.39, 0.29) is 28.5 Å². The highest BCUT2D eigenvalue weighted by Gasteiger charge is 2.42. The van der Waals surface area contributed by atoms with Crippen molar-refractivity contribution >= 4 is 45.8 Å². The summed E-state index contributed by atoms with van der Waals surface area (Å²) < 4.78 is 44.3. The molecule has 1 aliphatic rings. The molecule has 0 atom stereocenters. The van der Waals surface area contributed by atoms with E-state index in [0.29, 0.717) is 29.0 Å². The average molecular weight is 511 g/mol. The first-order valence-electron chi connectivity index (χ1n) is 11.1. The summed E-state index contributed by atoms with van der Waals surface area (Å²) in [5.74, 6) is -2.20. The van der Waals surface area contributed by atoms with Crippen LogP contribution in [0.25, 0.3) is 10.9 Å². The number of rotatable bonds is 5. The average Bonchev–Trinajstić information content (AvgIpc) is 3.09. The molecule has 0 unspecified atom stereocenters. The Bertz CT molecular complexity index is 1260. The number of carbonyl (C=O) groups excluding carboxylic acids is 2. The van der Waals surface area contributed by atoms with Crippen LogP contribution in [0.4, 0.5) is 13.2 Å². The normalized spacial score (nSPS) is 15.0. The fraction of sp³-hybridized carbons (Fsp3) is 0.360. The number of hydrogen-bond acceptors (Lipinski definition) is 2. The highest BCUT2D eigenvalue weighted by atomic mass is 35.5. The maximum atomic E-state index is 14.4. The van der Waals surface area contributed by atoms with Gasteiger partial charge in [-0.2, -0.15) is 13.2 Å². The number of alkyl halides is 3. The van der Waals surface area contributed by atoms with Gasteiger partial charge in [0.15, 0.2) is 0 Å². The predicted octanol–water partition coefficient (Wildman–Crippen LogP) is 6.96. The molecule has 1 N–H and O–H groups in total. The van der Waals surface area contributed by atoms with Crippen LogP contribution < -0.4 is 5.32 Å². The number of carbonyl (C=O) groups is 2. The number of hydrogen-bond donors (Lipinski definition) is 1. The summed E-state index contributed by atoms with van der Waals surface area (Å²) in [6.07, 6.45) is -0.608. The number of ketones is 1. The second-order valence-electron chi connectivity index (χ2n) is 8.70. The van der Waals surface area contributed by atoms with Crippen molar-refractivity contribution in [1.82, 2.24) is 9.88 Å². The lowest BCUT2D eigenvalue weighted by Crippen LogP contribution is -2.40. The Morgan fingerprint density at radius 1 is 1.06 bits per heavy atom. The highest BCUT2D eigenvalue weighted by molar-refractivity contribution is 6.45. The lowest BCUT2D eigenvalue weighted by Gasteiger charge is -2.22. The van der Waals surface area contributed by atoms with Crippen molar-refractivity contribution in [2.75, 3.05) is 0 Å². The van der Waals surface area contributed by atoms with E-state index in [9.17, 15) is 22.8 Å². The molecule has 1 fully saturated rings. The van der Waals surface area contributed by atoms with E-state index in [1.165, 1.54) is 24.3 Å². The maximum Gasteiger partial charge on any atom is 0.432 e. The Labute approximate surface area is 205 Å². The molecule has 0 spiro atoms. The van der Waals surface area contributed by atoms with Crippen LogP contribution in [-0.2, 0) is 17.5 Å². The van der Waals surface area contributed by atoms with Gasteiger partial charge < -0.3 is 9.88 Å². The molecule has 4 nitrogen and oxygen atoms in total. The molecule has 3 aromatic rings. The highest BCUT2D eigenvalue weighted by Crippen LogP contribution is 2.40. The van der Waals surface area contributed by atoms with Gasteiger partial charge in [-0.3, -0.25) is 9.59 Å². The molecule has 2 aromatic carbocycles. The van der Waals surface area contributed by atoms with Gasteiger partial charge in [-0.1, -0.05) is 60.2 Å². The fourth-order valence-electron chi connectivity index (χ4n) is 4.59. The van der Waals surface area contributed by atoms with E-state index < -0.39 is 29.1 Å². The molecule has 1 aliphatic carbocycles. The number of Topliss-reactive ketones (excluding diaryl/α,β-unsaturated/α-hetero) is 1. The second-order valence-corrected chi connectivity index (χ2v) is 9.55. The van der Waals surface area contributed by atoms with Gasteiger partial charge in [0.2, 0.25) is 0 Å². The van der Waals surface area contributed by atoms with Gasteiger partial charge in [0.05, 0.1) is 5.56 Å². The first kappa shape index (κ1) is 24.6.